The SMILES string of the molecule is CC(=O)COc1ccc(C(C(=O)O)C(=O)O)cc1. The second-order valence-corrected chi connectivity index (χ2v) is 3.67. The molecule has 0 amide bonds. The fourth-order valence-corrected chi connectivity index (χ4v) is 1.33. The average Bonchev–Trinajstić information content (AvgIpc) is 2.27. The molecule has 0 radical (unpaired) electrons. The summed E-state index contributed by atoms with van der Waals surface area (Å²) in [5.74, 6) is -4.23. The lowest BCUT2D eigenvalue weighted by Gasteiger charge is -2.09. The quantitative estimate of drug-likeness (QED) is 0.729. The number of carboxylic acid groups (broad SMARTS) is 2. The van der Waals surface area contributed by atoms with Crippen molar-refractivity contribution in [2.45, 2.75) is 12.8 Å². The summed E-state index contributed by atoms with van der Waals surface area (Å²) >= 11 is 0. The molecule has 0 atom stereocenters. The summed E-state index contributed by atoms with van der Waals surface area (Å²) < 4.78 is 5.08. The summed E-state index contributed by atoms with van der Waals surface area (Å²) in [6.45, 7) is 1.29. The normalized spacial score (nSPS) is 10.1. The molecule has 0 saturated carbocycles. The highest BCUT2D eigenvalue weighted by atomic mass is 16.5. The van der Waals surface area contributed by atoms with E-state index >= 15 is 0 Å². The molecule has 18 heavy (non-hydrogen) atoms. The van der Waals surface area contributed by atoms with Crippen molar-refractivity contribution in [2.24, 2.45) is 0 Å². The predicted octanol–water partition coefficient (Wildman–Crippen LogP) is 0.907. The van der Waals surface area contributed by atoms with Crippen molar-refractivity contribution >= 4 is 17.7 Å². The molecule has 0 fully saturated rings. The van der Waals surface area contributed by atoms with Crippen LogP contribution in [0.15, 0.2) is 24.3 Å². The van der Waals surface area contributed by atoms with Gasteiger partial charge in [0.15, 0.2) is 11.7 Å². The van der Waals surface area contributed by atoms with Crippen molar-refractivity contribution in [1.82, 2.24) is 0 Å². The number of Topliss-reactive ketones (excluding diaryl/α,β-unsaturated/α-hetero) is 1. The van der Waals surface area contributed by atoms with E-state index in [0.29, 0.717) is 5.75 Å². The zero-order valence-corrected chi connectivity index (χ0v) is 9.62. The number of carbonyl (C=O) groups excluding carboxylic acids is 1. The second-order valence-electron chi connectivity index (χ2n) is 3.67. The van der Waals surface area contributed by atoms with Crippen LogP contribution in [0.2, 0.25) is 0 Å². The first-order valence-electron chi connectivity index (χ1n) is 5.09. The third kappa shape index (κ3) is 3.58. The lowest BCUT2D eigenvalue weighted by Crippen LogP contribution is -2.20. The molecule has 0 spiro atoms. The zero-order valence-electron chi connectivity index (χ0n) is 9.62. The highest BCUT2D eigenvalue weighted by Gasteiger charge is 2.27. The van der Waals surface area contributed by atoms with Crippen molar-refractivity contribution in [3.8, 4) is 5.75 Å². The number of carbonyl (C=O) groups is 3. The Morgan fingerprint density at radius 3 is 2.00 bits per heavy atom. The molecule has 0 aliphatic rings. The number of ketones is 1. The van der Waals surface area contributed by atoms with E-state index in [1.165, 1.54) is 31.2 Å². The first kappa shape index (κ1) is 13.7. The maximum absolute atomic E-state index is 10.8. The largest absolute Gasteiger partial charge is 0.486 e. The lowest BCUT2D eigenvalue weighted by molar-refractivity contribution is -0.150. The van der Waals surface area contributed by atoms with Gasteiger partial charge in [-0.25, -0.2) is 0 Å². The van der Waals surface area contributed by atoms with Gasteiger partial charge in [0.1, 0.15) is 12.4 Å². The number of aliphatic carboxylic acids is 2. The molecule has 6 heteroatoms. The minimum absolute atomic E-state index is 0.0827. The molecule has 0 bridgehead atoms. The van der Waals surface area contributed by atoms with Crippen LogP contribution in [-0.4, -0.2) is 34.5 Å². The Kier molecular flexibility index (Phi) is 4.42. The van der Waals surface area contributed by atoms with Crippen LogP contribution < -0.4 is 4.74 Å². The summed E-state index contributed by atoms with van der Waals surface area (Å²) in [7, 11) is 0. The number of ether oxygens (including phenoxy) is 1. The molecule has 0 heterocycles. The number of hydrogen-bond acceptors (Lipinski definition) is 4. The second kappa shape index (κ2) is 5.81. The first-order chi connectivity index (χ1) is 8.41. The Labute approximate surface area is 103 Å². The lowest BCUT2D eigenvalue weighted by atomic mass is 9.99. The van der Waals surface area contributed by atoms with E-state index in [0.717, 1.165) is 0 Å². The van der Waals surface area contributed by atoms with E-state index in [4.69, 9.17) is 14.9 Å². The molecule has 2 N–H and O–H groups in total. The van der Waals surface area contributed by atoms with Crippen LogP contribution in [0.1, 0.15) is 18.4 Å². The van der Waals surface area contributed by atoms with Gasteiger partial charge in [0.05, 0.1) is 0 Å². The van der Waals surface area contributed by atoms with Gasteiger partial charge in [-0.3, -0.25) is 14.4 Å². The van der Waals surface area contributed by atoms with Gasteiger partial charge in [-0.05, 0) is 24.6 Å². The van der Waals surface area contributed by atoms with Crippen LogP contribution in [0.4, 0.5) is 0 Å². The summed E-state index contributed by atoms with van der Waals surface area (Å²) in [6.07, 6.45) is 0. The Balaban J connectivity index is 2.84. The molecule has 1 aromatic rings. The van der Waals surface area contributed by atoms with E-state index in [2.05, 4.69) is 0 Å². The Morgan fingerprint density at radius 1 is 1.11 bits per heavy atom. The summed E-state index contributed by atoms with van der Waals surface area (Å²) in [6, 6.07) is 5.55. The molecule has 0 aliphatic heterocycles. The molecule has 96 valence electrons. The van der Waals surface area contributed by atoms with E-state index < -0.39 is 17.9 Å². The van der Waals surface area contributed by atoms with Gasteiger partial charge in [-0.1, -0.05) is 12.1 Å². The number of hydrogen-bond donors (Lipinski definition) is 2. The highest BCUT2D eigenvalue weighted by Crippen LogP contribution is 2.20. The van der Waals surface area contributed by atoms with Crippen LogP contribution in [-0.2, 0) is 14.4 Å². The maximum Gasteiger partial charge on any atom is 0.322 e. The number of rotatable bonds is 6. The van der Waals surface area contributed by atoms with Crippen molar-refractivity contribution in [2.75, 3.05) is 6.61 Å². The molecule has 1 rings (SSSR count). The maximum atomic E-state index is 10.8. The van der Waals surface area contributed by atoms with Crippen LogP contribution >= 0.6 is 0 Å². The number of benzene rings is 1. The van der Waals surface area contributed by atoms with Gasteiger partial charge >= 0.3 is 11.9 Å². The topological polar surface area (TPSA) is 101 Å². The monoisotopic (exact) mass is 252 g/mol. The molecular formula is C12H12O6. The van der Waals surface area contributed by atoms with E-state index in [1.807, 2.05) is 0 Å². The Morgan fingerprint density at radius 2 is 1.61 bits per heavy atom. The molecule has 0 saturated heterocycles. The minimum atomic E-state index is -1.60. The standard InChI is InChI=1S/C12H12O6/c1-7(13)6-18-9-4-2-8(3-5-9)10(11(14)15)12(16)17/h2-5,10H,6H2,1H3,(H,14,15)(H,16,17). The fraction of sp³-hybridized carbons (Fsp3) is 0.250. The van der Waals surface area contributed by atoms with Gasteiger partial charge in [0.25, 0.3) is 0 Å². The molecule has 0 aliphatic carbocycles. The molecule has 0 aromatic heterocycles. The van der Waals surface area contributed by atoms with Crippen molar-refractivity contribution in [3.05, 3.63) is 29.8 Å². The summed E-state index contributed by atoms with van der Waals surface area (Å²) in [5.41, 5.74) is 0.144. The highest BCUT2D eigenvalue weighted by molar-refractivity contribution is 5.98. The van der Waals surface area contributed by atoms with Gasteiger partial charge < -0.3 is 14.9 Å². The van der Waals surface area contributed by atoms with E-state index in [9.17, 15) is 14.4 Å². The van der Waals surface area contributed by atoms with Gasteiger partial charge in [-0.15, -0.1) is 0 Å². The minimum Gasteiger partial charge on any atom is -0.486 e. The van der Waals surface area contributed by atoms with Crippen LogP contribution in [0.3, 0.4) is 0 Å². The van der Waals surface area contributed by atoms with Crippen LogP contribution in [0.5, 0.6) is 5.75 Å². The average molecular weight is 252 g/mol. The number of carboxylic acids is 2. The van der Waals surface area contributed by atoms with Crippen LogP contribution in [0.25, 0.3) is 0 Å². The first-order valence-corrected chi connectivity index (χ1v) is 5.09. The summed E-state index contributed by atoms with van der Waals surface area (Å²) in [4.78, 5) is 32.3. The third-order valence-electron chi connectivity index (χ3n) is 2.15. The van der Waals surface area contributed by atoms with Gasteiger partial charge in [0.2, 0.25) is 0 Å². The zero-order chi connectivity index (χ0) is 13.7. The van der Waals surface area contributed by atoms with Crippen molar-refractivity contribution in [1.29, 1.82) is 0 Å². The van der Waals surface area contributed by atoms with E-state index in [1.54, 1.807) is 0 Å². The van der Waals surface area contributed by atoms with E-state index in [-0.39, 0.29) is 18.0 Å². The smallest absolute Gasteiger partial charge is 0.322 e. The Hall–Kier alpha value is -2.37. The third-order valence-corrected chi connectivity index (χ3v) is 2.15. The van der Waals surface area contributed by atoms with Crippen LogP contribution in [0, 0.1) is 0 Å². The molecule has 6 nitrogen and oxygen atoms in total. The van der Waals surface area contributed by atoms with Gasteiger partial charge in [0, 0.05) is 0 Å². The van der Waals surface area contributed by atoms with Gasteiger partial charge in [-0.2, -0.15) is 0 Å². The fourth-order valence-electron chi connectivity index (χ4n) is 1.33. The van der Waals surface area contributed by atoms with Crippen molar-refractivity contribution in [3.63, 3.8) is 0 Å². The predicted molar refractivity (Wildman–Crippen MR) is 60.6 cm³/mol. The van der Waals surface area contributed by atoms with Crippen molar-refractivity contribution < 1.29 is 29.3 Å². The molecule has 1 aromatic carbocycles. The molecular weight excluding hydrogens is 240 g/mol. The summed E-state index contributed by atoms with van der Waals surface area (Å²) in [5, 5.41) is 17.6. The molecule has 0 unspecified atom stereocenters. The Bertz CT molecular complexity index is 448.